The van der Waals surface area contributed by atoms with Gasteiger partial charge in [-0.1, -0.05) is 30.3 Å². The summed E-state index contributed by atoms with van der Waals surface area (Å²) in [5, 5.41) is 10.7. The molecule has 0 unspecified atom stereocenters. The summed E-state index contributed by atoms with van der Waals surface area (Å²) in [5.41, 5.74) is 3.62. The van der Waals surface area contributed by atoms with Gasteiger partial charge in [-0.2, -0.15) is 8.42 Å². The van der Waals surface area contributed by atoms with E-state index in [0.29, 0.717) is 21.7 Å². The minimum absolute atomic E-state index is 0.143. The van der Waals surface area contributed by atoms with Gasteiger partial charge in [-0.25, -0.2) is 14.2 Å². The van der Waals surface area contributed by atoms with E-state index in [2.05, 4.69) is 34.0 Å². The van der Waals surface area contributed by atoms with Gasteiger partial charge in [0.05, 0.1) is 31.0 Å². The van der Waals surface area contributed by atoms with Crippen LogP contribution in [0.15, 0.2) is 65.0 Å². The van der Waals surface area contributed by atoms with E-state index in [1.54, 1.807) is 7.11 Å². The molecule has 11 heteroatoms. The fourth-order valence-corrected chi connectivity index (χ4v) is 10.4. The summed E-state index contributed by atoms with van der Waals surface area (Å²) in [7, 11) is -1.47. The molecule has 0 radical (unpaired) electrons. The van der Waals surface area contributed by atoms with Gasteiger partial charge in [0.1, 0.15) is 22.3 Å². The van der Waals surface area contributed by atoms with Crippen LogP contribution in [0.3, 0.4) is 0 Å². The number of carboxylic acid groups (broad SMARTS) is 1. The average molecular weight is 649 g/mol. The molecule has 4 aliphatic carbocycles. The van der Waals surface area contributed by atoms with Gasteiger partial charge in [-0.05, 0) is 96.6 Å². The highest BCUT2D eigenvalue weighted by Crippen LogP contribution is 2.60. The molecule has 4 saturated carbocycles. The Morgan fingerprint density at radius 2 is 1.56 bits per heavy atom. The fraction of sp³-hybridized carbons (Fsp3) is 0.353. The summed E-state index contributed by atoms with van der Waals surface area (Å²) in [5.74, 6) is 0.474. The number of aromatic carboxylic acids is 1. The van der Waals surface area contributed by atoms with Crippen molar-refractivity contribution in [1.29, 1.82) is 0 Å². The normalized spacial score (nSPS) is 23.6. The molecule has 8 rings (SSSR count). The lowest BCUT2D eigenvalue weighted by Crippen LogP contribution is -2.48. The zero-order valence-corrected chi connectivity index (χ0v) is 26.5. The quantitative estimate of drug-likeness (QED) is 0.192. The van der Waals surface area contributed by atoms with Crippen LogP contribution in [0.25, 0.3) is 21.7 Å². The first-order valence-corrected chi connectivity index (χ1v) is 17.3. The van der Waals surface area contributed by atoms with Gasteiger partial charge < -0.3 is 14.6 Å². The van der Waals surface area contributed by atoms with Crippen LogP contribution < -0.4 is 14.2 Å². The Morgan fingerprint density at radius 3 is 2.16 bits per heavy atom. The number of nitrogens with one attached hydrogen (secondary N) is 1. The maximum atomic E-state index is 14.3. The fourth-order valence-electron chi connectivity index (χ4n) is 8.20. The van der Waals surface area contributed by atoms with Gasteiger partial charge in [0.25, 0.3) is 10.0 Å². The number of thiazole rings is 1. The van der Waals surface area contributed by atoms with Crippen molar-refractivity contribution in [3.8, 4) is 33.2 Å². The molecule has 2 N–H and O–H groups in total. The van der Waals surface area contributed by atoms with Crippen molar-refractivity contribution in [2.75, 3.05) is 18.9 Å². The van der Waals surface area contributed by atoms with Crippen molar-refractivity contribution in [3.05, 3.63) is 76.9 Å². The first kappa shape index (κ1) is 29.7. The number of rotatable bonds is 9. The predicted molar refractivity (Wildman–Crippen MR) is 170 cm³/mol. The number of carboxylic acids is 1. The summed E-state index contributed by atoms with van der Waals surface area (Å²) in [6.07, 6.45) is 8.23. The Hall–Kier alpha value is -3.96. The Kier molecular flexibility index (Phi) is 7.36. The highest BCUT2D eigenvalue weighted by molar-refractivity contribution is 7.92. The van der Waals surface area contributed by atoms with Crippen molar-refractivity contribution in [2.24, 2.45) is 17.8 Å². The van der Waals surface area contributed by atoms with Gasteiger partial charge in [-0.15, -0.1) is 11.3 Å². The second-order valence-electron chi connectivity index (χ2n) is 12.6. The summed E-state index contributed by atoms with van der Waals surface area (Å²) >= 11 is 1.13. The lowest BCUT2D eigenvalue weighted by atomic mass is 9.48. The van der Waals surface area contributed by atoms with Gasteiger partial charge in [0.15, 0.2) is 5.03 Å². The molecule has 0 spiro atoms. The van der Waals surface area contributed by atoms with Gasteiger partial charge in [-0.3, -0.25) is 4.72 Å². The van der Waals surface area contributed by atoms with Crippen molar-refractivity contribution in [3.63, 3.8) is 0 Å². The molecule has 1 heterocycles. The highest BCUT2D eigenvalue weighted by atomic mass is 32.2. The maximum Gasteiger partial charge on any atom is 0.338 e. The van der Waals surface area contributed by atoms with Crippen molar-refractivity contribution >= 4 is 33.0 Å². The number of carbonyl (C=O) groups is 1. The third-order valence-electron chi connectivity index (χ3n) is 9.82. The van der Waals surface area contributed by atoms with E-state index >= 15 is 0 Å². The molecule has 234 valence electrons. The van der Waals surface area contributed by atoms with Crippen molar-refractivity contribution in [2.45, 2.75) is 49.0 Å². The first-order chi connectivity index (χ1) is 21.6. The van der Waals surface area contributed by atoms with E-state index in [9.17, 15) is 17.6 Å². The lowest BCUT2D eigenvalue weighted by molar-refractivity contribution is -0.00518. The molecule has 4 aliphatic rings. The molecule has 1 aromatic heterocycles. The second kappa shape index (κ2) is 11.1. The number of benzene rings is 3. The number of halogens is 1. The molecule has 4 aromatic rings. The van der Waals surface area contributed by atoms with Crippen molar-refractivity contribution < 1.29 is 32.2 Å². The SMILES string of the molecule is COc1cc(C(=O)O)c(F)cc1NS(=O)(=O)c1csc(-c2ccc(-c3ccc(C45CC6C[C@H](C4)C[C@H](C6)C5)cc3)cc2OC)n1. The Balaban J connectivity index is 1.12. The standard InChI is InChI=1S/C34H33FN2O6S2/c1-42-29-12-23(22-3-6-24(7-4-22)34-15-19-9-20(16-34)11-21(10-19)17-34)5-8-25(29)32-36-31(18-44-32)45(40,41)37-28-14-27(35)26(33(38)39)13-30(28)43-2/h3-8,12-14,18-21,37H,9-11,15-17H2,1-2H3,(H,38,39)/t19-,20-,21?,34?/m1/s1. The third-order valence-corrected chi connectivity index (χ3v) is 12.1. The van der Waals surface area contributed by atoms with E-state index in [4.69, 9.17) is 14.6 Å². The average Bonchev–Trinajstić information content (AvgIpc) is 3.51. The molecule has 0 amide bonds. The van der Waals surface area contributed by atoms with Crippen LogP contribution in [0, 0.1) is 23.6 Å². The Labute approximate surface area is 265 Å². The molecule has 4 bridgehead atoms. The number of anilines is 1. The molecule has 45 heavy (non-hydrogen) atoms. The number of hydrogen-bond donors (Lipinski definition) is 2. The Morgan fingerprint density at radius 1 is 0.933 bits per heavy atom. The predicted octanol–water partition coefficient (Wildman–Crippen LogP) is 7.60. The summed E-state index contributed by atoms with van der Waals surface area (Å²) in [6, 6.07) is 16.5. The second-order valence-corrected chi connectivity index (χ2v) is 15.1. The number of hydrogen-bond acceptors (Lipinski definition) is 7. The van der Waals surface area contributed by atoms with Crippen LogP contribution in [0.4, 0.5) is 10.1 Å². The number of aromatic nitrogens is 1. The molecule has 4 fully saturated rings. The largest absolute Gasteiger partial charge is 0.496 e. The molecule has 0 aliphatic heterocycles. The van der Waals surface area contributed by atoms with Crippen LogP contribution in [0.2, 0.25) is 0 Å². The van der Waals surface area contributed by atoms with Crippen LogP contribution in [-0.2, 0) is 15.4 Å². The number of methoxy groups -OCH3 is 2. The summed E-state index contributed by atoms with van der Waals surface area (Å²) in [6.45, 7) is 0. The topological polar surface area (TPSA) is 115 Å². The molecular weight excluding hydrogens is 616 g/mol. The van der Waals surface area contributed by atoms with E-state index in [1.165, 1.54) is 56.6 Å². The Bertz CT molecular complexity index is 1870. The number of sulfonamides is 1. The monoisotopic (exact) mass is 648 g/mol. The first-order valence-electron chi connectivity index (χ1n) is 15.0. The van der Waals surface area contributed by atoms with Gasteiger partial charge in [0, 0.05) is 11.4 Å². The maximum absolute atomic E-state index is 14.3. The highest BCUT2D eigenvalue weighted by Gasteiger charge is 2.51. The lowest BCUT2D eigenvalue weighted by Gasteiger charge is -2.57. The van der Waals surface area contributed by atoms with Crippen LogP contribution in [-0.4, -0.2) is 38.7 Å². The molecule has 0 atom stereocenters. The zero-order valence-electron chi connectivity index (χ0n) is 24.9. The molecule has 8 nitrogen and oxygen atoms in total. The van der Waals surface area contributed by atoms with Crippen molar-refractivity contribution in [1.82, 2.24) is 4.98 Å². The van der Waals surface area contributed by atoms with Crippen LogP contribution in [0.5, 0.6) is 11.5 Å². The van der Waals surface area contributed by atoms with Gasteiger partial charge >= 0.3 is 5.97 Å². The molecule has 3 aromatic carbocycles. The minimum Gasteiger partial charge on any atom is -0.496 e. The van der Waals surface area contributed by atoms with E-state index < -0.39 is 27.4 Å². The molecular formula is C34H33FN2O6S2. The van der Waals surface area contributed by atoms with E-state index in [0.717, 1.165) is 52.4 Å². The zero-order chi connectivity index (χ0) is 31.5. The molecule has 0 saturated heterocycles. The van der Waals surface area contributed by atoms with E-state index in [-0.39, 0.29) is 16.5 Å². The van der Waals surface area contributed by atoms with Crippen LogP contribution in [0.1, 0.15) is 54.4 Å². The summed E-state index contributed by atoms with van der Waals surface area (Å²) < 4.78 is 53.7. The van der Waals surface area contributed by atoms with Gasteiger partial charge in [0.2, 0.25) is 0 Å². The smallest absolute Gasteiger partial charge is 0.338 e. The van der Waals surface area contributed by atoms with Crippen LogP contribution >= 0.6 is 11.3 Å². The summed E-state index contributed by atoms with van der Waals surface area (Å²) in [4.78, 5) is 15.6. The number of ether oxygens (including phenoxy) is 2. The van der Waals surface area contributed by atoms with E-state index in [1.807, 2.05) is 18.2 Å². The minimum atomic E-state index is -4.26. The third kappa shape index (κ3) is 5.35. The number of nitrogens with zero attached hydrogens (tertiary/aromatic N) is 1.